The van der Waals surface area contributed by atoms with Crippen molar-refractivity contribution < 1.29 is 9.47 Å². The van der Waals surface area contributed by atoms with Gasteiger partial charge < -0.3 is 15.2 Å². The molecule has 4 rings (SSSR count). The van der Waals surface area contributed by atoms with Crippen LogP contribution in [0, 0.1) is 11.3 Å². The van der Waals surface area contributed by atoms with E-state index in [-0.39, 0.29) is 5.69 Å². The highest BCUT2D eigenvalue weighted by Crippen LogP contribution is 2.43. The van der Waals surface area contributed by atoms with E-state index in [0.29, 0.717) is 27.7 Å². The minimum absolute atomic E-state index is 0.246. The van der Waals surface area contributed by atoms with Gasteiger partial charge in [0.25, 0.3) is 0 Å². The van der Waals surface area contributed by atoms with Crippen LogP contribution in [0.2, 0.25) is 5.02 Å². The molecule has 1 aromatic heterocycles. The Morgan fingerprint density at radius 1 is 0.750 bits per heavy atom. The highest BCUT2D eigenvalue weighted by atomic mass is 35.5. The third-order valence-corrected chi connectivity index (χ3v) is 5.47. The van der Waals surface area contributed by atoms with E-state index in [0.717, 1.165) is 28.0 Å². The molecule has 1 heterocycles. The lowest BCUT2D eigenvalue weighted by Gasteiger charge is -2.18. The lowest BCUT2D eigenvalue weighted by molar-refractivity contribution is 0.415. The van der Waals surface area contributed by atoms with Crippen LogP contribution in [0.3, 0.4) is 0 Å². The number of nitrogens with zero attached hydrogens (tertiary/aromatic N) is 2. The number of anilines is 1. The summed E-state index contributed by atoms with van der Waals surface area (Å²) in [5, 5.41) is 10.5. The third kappa shape index (κ3) is 3.96. The molecular formula is C26H20ClN3O2. The van der Waals surface area contributed by atoms with Gasteiger partial charge in [-0.3, -0.25) is 0 Å². The lowest BCUT2D eigenvalue weighted by Crippen LogP contribution is -2.03. The molecule has 0 radical (unpaired) electrons. The molecule has 0 spiro atoms. The first-order valence-corrected chi connectivity index (χ1v) is 10.2. The SMILES string of the molecule is COc1ccc(-c2nc(C#N)c(-c3ccc(OC)cc3)c(N)c2-c2ccc(Cl)cc2)cc1. The van der Waals surface area contributed by atoms with Gasteiger partial charge in [0.2, 0.25) is 0 Å². The summed E-state index contributed by atoms with van der Waals surface area (Å²) in [4.78, 5) is 4.75. The Morgan fingerprint density at radius 2 is 1.22 bits per heavy atom. The summed E-state index contributed by atoms with van der Waals surface area (Å²) in [6.07, 6.45) is 0. The van der Waals surface area contributed by atoms with Gasteiger partial charge in [0.05, 0.1) is 25.6 Å². The van der Waals surface area contributed by atoms with E-state index in [2.05, 4.69) is 6.07 Å². The van der Waals surface area contributed by atoms with Crippen LogP contribution in [0.1, 0.15) is 5.69 Å². The largest absolute Gasteiger partial charge is 0.497 e. The minimum atomic E-state index is 0.246. The minimum Gasteiger partial charge on any atom is -0.497 e. The van der Waals surface area contributed by atoms with Crippen molar-refractivity contribution >= 4 is 17.3 Å². The predicted molar refractivity (Wildman–Crippen MR) is 128 cm³/mol. The number of hydrogen-bond donors (Lipinski definition) is 1. The number of hydrogen-bond acceptors (Lipinski definition) is 5. The Bertz CT molecular complexity index is 1290. The second-order valence-electron chi connectivity index (χ2n) is 7.05. The van der Waals surface area contributed by atoms with Gasteiger partial charge >= 0.3 is 0 Å². The molecular weight excluding hydrogens is 422 g/mol. The average molecular weight is 442 g/mol. The molecule has 2 N–H and O–H groups in total. The maximum absolute atomic E-state index is 9.93. The summed E-state index contributed by atoms with van der Waals surface area (Å²) in [7, 11) is 3.22. The first kappa shape index (κ1) is 21.2. The molecule has 4 aromatic rings. The van der Waals surface area contributed by atoms with Crippen molar-refractivity contribution in [3.63, 3.8) is 0 Å². The van der Waals surface area contributed by atoms with Crippen LogP contribution in [-0.4, -0.2) is 19.2 Å². The molecule has 0 aliphatic heterocycles. The molecule has 158 valence electrons. The van der Waals surface area contributed by atoms with Gasteiger partial charge in [-0.1, -0.05) is 35.9 Å². The molecule has 6 heteroatoms. The second kappa shape index (κ2) is 9.01. The molecule has 3 aromatic carbocycles. The van der Waals surface area contributed by atoms with Crippen LogP contribution in [-0.2, 0) is 0 Å². The average Bonchev–Trinajstić information content (AvgIpc) is 2.84. The molecule has 0 aliphatic rings. The van der Waals surface area contributed by atoms with Crippen molar-refractivity contribution in [1.82, 2.24) is 4.98 Å². The molecule has 5 nitrogen and oxygen atoms in total. The quantitative estimate of drug-likeness (QED) is 0.398. The van der Waals surface area contributed by atoms with E-state index in [1.165, 1.54) is 0 Å². The second-order valence-corrected chi connectivity index (χ2v) is 7.48. The van der Waals surface area contributed by atoms with E-state index in [1.807, 2.05) is 60.7 Å². The summed E-state index contributed by atoms with van der Waals surface area (Å²) in [5.41, 5.74) is 11.8. The van der Waals surface area contributed by atoms with Crippen molar-refractivity contribution in [3.8, 4) is 51.1 Å². The Hall–Kier alpha value is -4.01. The van der Waals surface area contributed by atoms with Gasteiger partial charge in [-0.15, -0.1) is 0 Å². The maximum Gasteiger partial charge on any atom is 0.151 e. The molecule has 0 saturated heterocycles. The Labute approximate surface area is 191 Å². The van der Waals surface area contributed by atoms with Crippen LogP contribution in [0.5, 0.6) is 11.5 Å². The van der Waals surface area contributed by atoms with E-state index in [9.17, 15) is 5.26 Å². The van der Waals surface area contributed by atoms with Crippen LogP contribution >= 0.6 is 11.6 Å². The number of halogens is 1. The fourth-order valence-electron chi connectivity index (χ4n) is 3.60. The fraction of sp³-hybridized carbons (Fsp3) is 0.0769. The molecule has 0 atom stereocenters. The summed E-state index contributed by atoms with van der Waals surface area (Å²) in [6.45, 7) is 0. The van der Waals surface area contributed by atoms with Crippen molar-refractivity contribution in [2.75, 3.05) is 20.0 Å². The summed E-state index contributed by atoms with van der Waals surface area (Å²) in [5.74, 6) is 1.44. The highest BCUT2D eigenvalue weighted by Gasteiger charge is 2.21. The molecule has 0 saturated carbocycles. The number of rotatable bonds is 5. The number of nitrogen functional groups attached to an aromatic ring is 1. The van der Waals surface area contributed by atoms with E-state index in [1.54, 1.807) is 26.4 Å². The Balaban J connectivity index is 2.01. The van der Waals surface area contributed by atoms with E-state index >= 15 is 0 Å². The van der Waals surface area contributed by atoms with Gasteiger partial charge in [0, 0.05) is 21.7 Å². The Kier molecular flexibility index (Phi) is 5.98. The van der Waals surface area contributed by atoms with Gasteiger partial charge in [0.1, 0.15) is 17.6 Å². The number of aromatic nitrogens is 1. The van der Waals surface area contributed by atoms with Crippen LogP contribution in [0.25, 0.3) is 33.5 Å². The van der Waals surface area contributed by atoms with E-state index in [4.69, 9.17) is 31.8 Å². The molecule has 0 fully saturated rings. The fourth-order valence-corrected chi connectivity index (χ4v) is 3.73. The van der Waals surface area contributed by atoms with Crippen LogP contribution in [0.15, 0.2) is 72.8 Å². The maximum atomic E-state index is 9.93. The number of nitriles is 1. The summed E-state index contributed by atoms with van der Waals surface area (Å²) < 4.78 is 10.5. The normalized spacial score (nSPS) is 10.4. The standard InChI is InChI=1S/C26H20ClN3O2/c1-31-20-11-5-16(6-12-20)23-22(15-28)30-26(18-7-13-21(32-2)14-8-18)24(25(23)29)17-3-9-19(27)10-4-17/h3-14H,1-2H3,(H2,29,30). The molecule has 0 unspecified atom stereocenters. The summed E-state index contributed by atoms with van der Waals surface area (Å²) >= 11 is 6.12. The third-order valence-electron chi connectivity index (χ3n) is 5.22. The molecule has 0 amide bonds. The van der Waals surface area contributed by atoms with Gasteiger partial charge in [-0.25, -0.2) is 4.98 Å². The van der Waals surface area contributed by atoms with E-state index < -0.39 is 0 Å². The highest BCUT2D eigenvalue weighted by molar-refractivity contribution is 6.30. The molecule has 0 aliphatic carbocycles. The van der Waals surface area contributed by atoms with Gasteiger partial charge in [-0.2, -0.15) is 5.26 Å². The van der Waals surface area contributed by atoms with Crippen molar-refractivity contribution in [3.05, 3.63) is 83.5 Å². The van der Waals surface area contributed by atoms with Crippen molar-refractivity contribution in [2.24, 2.45) is 0 Å². The monoisotopic (exact) mass is 441 g/mol. The molecule has 0 bridgehead atoms. The zero-order chi connectivity index (χ0) is 22.7. The Morgan fingerprint density at radius 3 is 1.72 bits per heavy atom. The van der Waals surface area contributed by atoms with Crippen molar-refractivity contribution in [1.29, 1.82) is 5.26 Å². The van der Waals surface area contributed by atoms with Crippen molar-refractivity contribution in [2.45, 2.75) is 0 Å². The number of benzene rings is 3. The number of methoxy groups -OCH3 is 2. The van der Waals surface area contributed by atoms with Gasteiger partial charge in [0.15, 0.2) is 5.69 Å². The zero-order valence-electron chi connectivity index (χ0n) is 17.6. The number of pyridine rings is 1. The van der Waals surface area contributed by atoms with Crippen LogP contribution < -0.4 is 15.2 Å². The lowest BCUT2D eigenvalue weighted by atomic mass is 9.91. The number of ether oxygens (including phenoxy) is 2. The van der Waals surface area contributed by atoms with Gasteiger partial charge in [-0.05, 0) is 59.7 Å². The molecule has 32 heavy (non-hydrogen) atoms. The smallest absolute Gasteiger partial charge is 0.151 e. The number of nitrogens with two attached hydrogens (primary N) is 1. The summed E-state index contributed by atoms with van der Waals surface area (Å²) in [6, 6.07) is 24.5. The van der Waals surface area contributed by atoms with Crippen LogP contribution in [0.4, 0.5) is 5.69 Å². The first-order chi connectivity index (χ1) is 15.5. The predicted octanol–water partition coefficient (Wildman–Crippen LogP) is 6.21. The topological polar surface area (TPSA) is 81.2 Å². The first-order valence-electron chi connectivity index (χ1n) is 9.84. The zero-order valence-corrected chi connectivity index (χ0v) is 18.4.